The maximum absolute atomic E-state index is 9.50. The summed E-state index contributed by atoms with van der Waals surface area (Å²) in [5.74, 6) is 0. The van der Waals surface area contributed by atoms with E-state index in [1.807, 2.05) is 42.5 Å². The summed E-state index contributed by atoms with van der Waals surface area (Å²) in [6.07, 6.45) is 5.70. The minimum absolute atomic E-state index is 0.476. The first-order valence-electron chi connectivity index (χ1n) is 4.25. The van der Waals surface area contributed by atoms with Gasteiger partial charge in [0, 0.05) is 0 Å². The van der Waals surface area contributed by atoms with Crippen molar-refractivity contribution in [3.05, 3.63) is 42.0 Å². The van der Waals surface area contributed by atoms with Gasteiger partial charge in [-0.15, -0.1) is 0 Å². The summed E-state index contributed by atoms with van der Waals surface area (Å²) in [7, 11) is 0. The summed E-state index contributed by atoms with van der Waals surface area (Å²) in [5, 5.41) is 9.50. The van der Waals surface area contributed by atoms with Crippen molar-refractivity contribution >= 4 is 6.08 Å². The van der Waals surface area contributed by atoms with Crippen LogP contribution in [0.25, 0.3) is 6.08 Å². The molecule has 1 aromatic carbocycles. The van der Waals surface area contributed by atoms with Gasteiger partial charge in [0.15, 0.2) is 0 Å². The molecule has 0 heterocycles. The van der Waals surface area contributed by atoms with Crippen LogP contribution in [-0.4, -0.2) is 10.7 Å². The highest BCUT2D eigenvalue weighted by Gasteiger charge is 2.36. The van der Waals surface area contributed by atoms with E-state index in [0.717, 1.165) is 18.4 Å². The van der Waals surface area contributed by atoms with Crippen molar-refractivity contribution in [2.75, 3.05) is 0 Å². The Morgan fingerprint density at radius 1 is 1.17 bits per heavy atom. The summed E-state index contributed by atoms with van der Waals surface area (Å²) in [4.78, 5) is 0. The maximum Gasteiger partial charge on any atom is 0.0833 e. The van der Waals surface area contributed by atoms with E-state index in [2.05, 4.69) is 0 Å². The Hall–Kier alpha value is -1.08. The number of rotatable bonds is 2. The van der Waals surface area contributed by atoms with E-state index in [0.29, 0.717) is 0 Å². The maximum atomic E-state index is 9.50. The summed E-state index contributed by atoms with van der Waals surface area (Å²) in [6.45, 7) is 0. The lowest BCUT2D eigenvalue weighted by atomic mass is 10.2. The molecule has 2 rings (SSSR count). The van der Waals surface area contributed by atoms with Crippen molar-refractivity contribution in [3.8, 4) is 0 Å². The molecule has 0 unspecified atom stereocenters. The molecule has 0 saturated heterocycles. The molecule has 0 atom stereocenters. The normalized spacial score (nSPS) is 19.8. The van der Waals surface area contributed by atoms with Gasteiger partial charge in [-0.25, -0.2) is 0 Å². The minimum Gasteiger partial charge on any atom is -0.386 e. The first-order chi connectivity index (χ1) is 5.79. The van der Waals surface area contributed by atoms with Crippen LogP contribution >= 0.6 is 0 Å². The van der Waals surface area contributed by atoms with E-state index in [1.165, 1.54) is 0 Å². The molecule has 0 aliphatic heterocycles. The van der Waals surface area contributed by atoms with Crippen molar-refractivity contribution in [2.45, 2.75) is 18.4 Å². The first-order valence-corrected chi connectivity index (χ1v) is 4.25. The van der Waals surface area contributed by atoms with Gasteiger partial charge < -0.3 is 5.11 Å². The molecule has 1 aliphatic rings. The lowest BCUT2D eigenvalue weighted by molar-refractivity contribution is 0.203. The van der Waals surface area contributed by atoms with Crippen LogP contribution in [0.5, 0.6) is 0 Å². The van der Waals surface area contributed by atoms with Crippen molar-refractivity contribution in [1.82, 2.24) is 0 Å². The van der Waals surface area contributed by atoms with Crippen molar-refractivity contribution < 1.29 is 5.11 Å². The topological polar surface area (TPSA) is 20.2 Å². The Labute approximate surface area is 72.4 Å². The molecule has 1 fully saturated rings. The van der Waals surface area contributed by atoms with Gasteiger partial charge in [0.05, 0.1) is 5.60 Å². The third-order valence-electron chi connectivity index (χ3n) is 2.15. The Balaban J connectivity index is 2.08. The van der Waals surface area contributed by atoms with Crippen LogP contribution in [-0.2, 0) is 0 Å². The average molecular weight is 160 g/mol. The van der Waals surface area contributed by atoms with Crippen LogP contribution in [0.15, 0.2) is 36.4 Å². The van der Waals surface area contributed by atoms with Crippen LogP contribution in [0.3, 0.4) is 0 Å². The van der Waals surface area contributed by atoms with Crippen LogP contribution < -0.4 is 0 Å². The molecule has 62 valence electrons. The van der Waals surface area contributed by atoms with Gasteiger partial charge >= 0.3 is 0 Å². The fourth-order valence-corrected chi connectivity index (χ4v) is 1.11. The fraction of sp³-hybridized carbons (Fsp3) is 0.273. The van der Waals surface area contributed by atoms with Gasteiger partial charge in [-0.2, -0.15) is 0 Å². The Kier molecular flexibility index (Phi) is 1.74. The van der Waals surface area contributed by atoms with Gasteiger partial charge in [-0.3, -0.25) is 0 Å². The molecule has 0 aromatic heterocycles. The van der Waals surface area contributed by atoms with E-state index >= 15 is 0 Å². The quantitative estimate of drug-likeness (QED) is 0.703. The Morgan fingerprint density at radius 3 is 2.42 bits per heavy atom. The summed E-state index contributed by atoms with van der Waals surface area (Å²) >= 11 is 0. The second kappa shape index (κ2) is 2.76. The molecule has 0 spiro atoms. The molecule has 1 saturated carbocycles. The average Bonchev–Trinajstić information content (AvgIpc) is 2.84. The van der Waals surface area contributed by atoms with E-state index < -0.39 is 5.60 Å². The Morgan fingerprint density at radius 2 is 1.83 bits per heavy atom. The minimum atomic E-state index is -0.476. The summed E-state index contributed by atoms with van der Waals surface area (Å²) in [6, 6.07) is 10.0. The fourth-order valence-electron chi connectivity index (χ4n) is 1.11. The van der Waals surface area contributed by atoms with Crippen LogP contribution in [0.4, 0.5) is 0 Å². The highest BCUT2D eigenvalue weighted by molar-refractivity contribution is 5.51. The van der Waals surface area contributed by atoms with Crippen LogP contribution in [0.1, 0.15) is 18.4 Å². The highest BCUT2D eigenvalue weighted by Crippen LogP contribution is 2.36. The highest BCUT2D eigenvalue weighted by atomic mass is 16.3. The number of hydrogen-bond donors (Lipinski definition) is 1. The lowest BCUT2D eigenvalue weighted by Crippen LogP contribution is -1.99. The zero-order valence-corrected chi connectivity index (χ0v) is 6.90. The Bertz CT molecular complexity index is 283. The van der Waals surface area contributed by atoms with Gasteiger partial charge in [-0.1, -0.05) is 42.5 Å². The molecule has 1 N–H and O–H groups in total. The summed E-state index contributed by atoms with van der Waals surface area (Å²) < 4.78 is 0. The third-order valence-corrected chi connectivity index (χ3v) is 2.15. The molecule has 1 aromatic rings. The van der Waals surface area contributed by atoms with Gasteiger partial charge in [0.25, 0.3) is 0 Å². The smallest absolute Gasteiger partial charge is 0.0833 e. The van der Waals surface area contributed by atoms with Crippen LogP contribution in [0, 0.1) is 0 Å². The predicted octanol–water partition coefficient (Wildman–Crippen LogP) is 2.22. The van der Waals surface area contributed by atoms with Crippen molar-refractivity contribution in [1.29, 1.82) is 0 Å². The third kappa shape index (κ3) is 1.74. The molecule has 12 heavy (non-hydrogen) atoms. The molecular formula is C11H12O. The number of benzene rings is 1. The molecule has 0 amide bonds. The van der Waals surface area contributed by atoms with Gasteiger partial charge in [0.2, 0.25) is 0 Å². The first kappa shape index (κ1) is 7.56. The van der Waals surface area contributed by atoms with Gasteiger partial charge in [-0.05, 0) is 18.4 Å². The second-order valence-electron chi connectivity index (χ2n) is 3.35. The van der Waals surface area contributed by atoms with E-state index in [9.17, 15) is 5.11 Å². The van der Waals surface area contributed by atoms with Crippen LogP contribution in [0.2, 0.25) is 0 Å². The van der Waals surface area contributed by atoms with Crippen molar-refractivity contribution in [2.24, 2.45) is 0 Å². The molecule has 0 bridgehead atoms. The molecule has 1 heteroatoms. The second-order valence-corrected chi connectivity index (χ2v) is 3.35. The largest absolute Gasteiger partial charge is 0.386 e. The molecule has 1 aliphatic carbocycles. The number of hydrogen-bond acceptors (Lipinski definition) is 1. The predicted molar refractivity (Wildman–Crippen MR) is 49.7 cm³/mol. The van der Waals surface area contributed by atoms with E-state index in [4.69, 9.17) is 0 Å². The van der Waals surface area contributed by atoms with E-state index in [1.54, 1.807) is 0 Å². The zero-order chi connectivity index (χ0) is 8.44. The standard InChI is InChI=1S/C11H12O/c12-11(8-9-11)7-6-10-4-2-1-3-5-10/h1-7,12H,8-9H2/b7-6-. The summed E-state index contributed by atoms with van der Waals surface area (Å²) in [5.41, 5.74) is 0.674. The lowest BCUT2D eigenvalue weighted by Gasteiger charge is -1.97. The van der Waals surface area contributed by atoms with E-state index in [-0.39, 0.29) is 0 Å². The molecule has 1 nitrogen and oxygen atoms in total. The molecule has 0 radical (unpaired) electrons. The monoisotopic (exact) mass is 160 g/mol. The van der Waals surface area contributed by atoms with Crippen molar-refractivity contribution in [3.63, 3.8) is 0 Å². The zero-order valence-electron chi connectivity index (χ0n) is 6.90. The molecular weight excluding hydrogens is 148 g/mol. The number of aliphatic hydroxyl groups is 1. The SMILES string of the molecule is OC1(/C=C\c2ccccc2)CC1. The van der Waals surface area contributed by atoms with Gasteiger partial charge in [0.1, 0.15) is 0 Å².